The van der Waals surface area contributed by atoms with Crippen molar-refractivity contribution in [2.24, 2.45) is 0 Å². The number of hydrogen-bond donors (Lipinski definition) is 2. The summed E-state index contributed by atoms with van der Waals surface area (Å²) in [5, 5.41) is 0. The van der Waals surface area contributed by atoms with Crippen LogP contribution in [0, 0.1) is 12.7 Å². The van der Waals surface area contributed by atoms with Crippen LogP contribution in [0.5, 0.6) is 0 Å². The van der Waals surface area contributed by atoms with Gasteiger partial charge in [-0.3, -0.25) is 4.72 Å². The molecule has 2 aromatic rings. The fraction of sp³-hybridized carbons (Fsp3) is 0.0769. The van der Waals surface area contributed by atoms with E-state index in [9.17, 15) is 12.8 Å². The minimum Gasteiger partial charge on any atom is -0.395 e. The number of para-hydroxylation sites is 1. The van der Waals surface area contributed by atoms with Crippen LogP contribution in [-0.2, 0) is 10.0 Å². The van der Waals surface area contributed by atoms with E-state index in [0.29, 0.717) is 10.2 Å². The predicted octanol–water partition coefficient (Wildman–Crippen LogP) is 3.28. The molecule has 0 bridgehead atoms. The molecule has 20 heavy (non-hydrogen) atoms. The fourth-order valence-electron chi connectivity index (χ4n) is 1.67. The number of nitrogen functional groups attached to an aromatic ring is 1. The summed E-state index contributed by atoms with van der Waals surface area (Å²) in [4.78, 5) is -0.286. The summed E-state index contributed by atoms with van der Waals surface area (Å²) >= 11 is 3.26. The largest absolute Gasteiger partial charge is 0.395 e. The third-order valence-electron chi connectivity index (χ3n) is 2.67. The van der Waals surface area contributed by atoms with Crippen molar-refractivity contribution in [2.75, 3.05) is 10.5 Å². The van der Waals surface area contributed by atoms with Crippen molar-refractivity contribution in [1.82, 2.24) is 0 Å². The summed E-state index contributed by atoms with van der Waals surface area (Å²) in [5.41, 5.74) is 6.34. The lowest BCUT2D eigenvalue weighted by Gasteiger charge is -2.12. The summed E-state index contributed by atoms with van der Waals surface area (Å²) in [6.07, 6.45) is 0. The van der Waals surface area contributed by atoms with E-state index in [4.69, 9.17) is 5.73 Å². The van der Waals surface area contributed by atoms with Gasteiger partial charge in [0.15, 0.2) is 0 Å². The number of rotatable bonds is 3. The molecule has 0 spiro atoms. The molecule has 4 nitrogen and oxygen atoms in total. The molecule has 7 heteroatoms. The molecule has 3 N–H and O–H groups in total. The molecule has 0 aliphatic heterocycles. The summed E-state index contributed by atoms with van der Waals surface area (Å²) < 4.78 is 40.9. The van der Waals surface area contributed by atoms with E-state index >= 15 is 0 Å². The Morgan fingerprint density at radius 2 is 1.95 bits per heavy atom. The van der Waals surface area contributed by atoms with E-state index in [1.807, 2.05) is 13.0 Å². The number of anilines is 2. The minimum absolute atomic E-state index is 0.286. The highest BCUT2D eigenvalue weighted by Gasteiger charge is 2.20. The van der Waals surface area contributed by atoms with E-state index in [1.54, 1.807) is 12.1 Å². The van der Waals surface area contributed by atoms with Gasteiger partial charge in [-0.2, -0.15) is 0 Å². The van der Waals surface area contributed by atoms with Crippen LogP contribution in [0.4, 0.5) is 15.8 Å². The van der Waals surface area contributed by atoms with Crippen LogP contribution >= 0.6 is 15.9 Å². The second-order valence-corrected chi connectivity index (χ2v) is 6.75. The average molecular weight is 359 g/mol. The van der Waals surface area contributed by atoms with Gasteiger partial charge in [-0.15, -0.1) is 0 Å². The predicted molar refractivity (Wildman–Crippen MR) is 80.5 cm³/mol. The topological polar surface area (TPSA) is 72.2 Å². The van der Waals surface area contributed by atoms with E-state index in [2.05, 4.69) is 20.7 Å². The third-order valence-corrected chi connectivity index (χ3v) is 4.78. The Morgan fingerprint density at radius 1 is 1.25 bits per heavy atom. The molecule has 0 radical (unpaired) electrons. The monoisotopic (exact) mass is 358 g/mol. The molecule has 2 aromatic carbocycles. The Balaban J connectivity index is 2.46. The number of hydrogen-bond acceptors (Lipinski definition) is 3. The quantitative estimate of drug-likeness (QED) is 0.827. The Labute approximate surface area is 125 Å². The van der Waals surface area contributed by atoms with Gasteiger partial charge in [-0.05, 0) is 52.7 Å². The van der Waals surface area contributed by atoms with Crippen LogP contribution in [0.3, 0.4) is 0 Å². The van der Waals surface area contributed by atoms with Crippen LogP contribution in [0.1, 0.15) is 5.56 Å². The van der Waals surface area contributed by atoms with Gasteiger partial charge in [0.25, 0.3) is 10.0 Å². The average Bonchev–Trinajstić information content (AvgIpc) is 2.36. The van der Waals surface area contributed by atoms with Gasteiger partial charge in [0.2, 0.25) is 0 Å². The van der Waals surface area contributed by atoms with Gasteiger partial charge in [-0.25, -0.2) is 12.8 Å². The molecule has 0 saturated carbocycles. The second kappa shape index (κ2) is 5.41. The lowest BCUT2D eigenvalue weighted by molar-refractivity contribution is 0.597. The van der Waals surface area contributed by atoms with E-state index in [1.165, 1.54) is 12.1 Å². The van der Waals surface area contributed by atoms with Crippen molar-refractivity contribution in [1.29, 1.82) is 0 Å². The maximum Gasteiger partial charge on any atom is 0.264 e. The van der Waals surface area contributed by atoms with Crippen LogP contribution < -0.4 is 10.5 Å². The fourth-order valence-corrected chi connectivity index (χ4v) is 3.36. The highest BCUT2D eigenvalue weighted by molar-refractivity contribution is 9.10. The number of nitrogens with one attached hydrogen (secondary N) is 1. The maximum atomic E-state index is 13.4. The lowest BCUT2D eigenvalue weighted by Crippen LogP contribution is -2.15. The van der Waals surface area contributed by atoms with Crippen molar-refractivity contribution < 1.29 is 12.8 Å². The second-order valence-electron chi connectivity index (χ2n) is 4.24. The summed E-state index contributed by atoms with van der Waals surface area (Å²) in [5.74, 6) is -0.767. The Bertz CT molecular complexity index is 763. The number of sulfonamides is 1. The van der Waals surface area contributed by atoms with Crippen LogP contribution in [0.2, 0.25) is 0 Å². The molecule has 106 valence electrons. The van der Waals surface area contributed by atoms with Gasteiger partial charge < -0.3 is 5.73 Å². The SMILES string of the molecule is Cc1ccc(Br)c(NS(=O)(=O)c2cccc(F)c2N)c1. The van der Waals surface area contributed by atoms with Crippen LogP contribution in [0.25, 0.3) is 0 Å². The number of benzene rings is 2. The molecule has 0 heterocycles. The molecule has 0 aromatic heterocycles. The molecular formula is C13H12BrFN2O2S. The van der Waals surface area contributed by atoms with Gasteiger partial charge in [0, 0.05) is 4.47 Å². The third kappa shape index (κ3) is 2.94. The number of halogens is 2. The summed E-state index contributed by atoms with van der Waals surface area (Å²) in [7, 11) is -3.95. The molecule has 0 aliphatic rings. The van der Waals surface area contributed by atoms with Gasteiger partial charge >= 0.3 is 0 Å². The first-order valence-corrected chi connectivity index (χ1v) is 7.92. The van der Waals surface area contributed by atoms with Crippen molar-refractivity contribution in [3.8, 4) is 0 Å². The van der Waals surface area contributed by atoms with E-state index in [-0.39, 0.29) is 4.90 Å². The van der Waals surface area contributed by atoms with Crippen molar-refractivity contribution in [3.05, 3.63) is 52.3 Å². The Morgan fingerprint density at radius 3 is 2.65 bits per heavy atom. The zero-order valence-electron chi connectivity index (χ0n) is 10.5. The maximum absolute atomic E-state index is 13.4. The molecule has 0 unspecified atom stereocenters. The summed E-state index contributed by atoms with van der Waals surface area (Å²) in [6, 6.07) is 8.88. The molecule has 0 amide bonds. The van der Waals surface area contributed by atoms with E-state index < -0.39 is 21.5 Å². The Kier molecular flexibility index (Phi) is 4.01. The normalized spacial score (nSPS) is 11.3. The first kappa shape index (κ1) is 14.8. The Hall–Kier alpha value is -1.60. The lowest BCUT2D eigenvalue weighted by atomic mass is 10.2. The number of aryl methyl sites for hydroxylation is 1. The smallest absolute Gasteiger partial charge is 0.264 e. The highest BCUT2D eigenvalue weighted by atomic mass is 79.9. The molecule has 0 aliphatic carbocycles. The minimum atomic E-state index is -3.95. The highest BCUT2D eigenvalue weighted by Crippen LogP contribution is 2.28. The first-order chi connectivity index (χ1) is 9.31. The van der Waals surface area contributed by atoms with Crippen molar-refractivity contribution in [2.45, 2.75) is 11.8 Å². The molecule has 0 atom stereocenters. The van der Waals surface area contributed by atoms with Gasteiger partial charge in [0.1, 0.15) is 10.7 Å². The molecule has 0 saturated heterocycles. The number of nitrogens with two attached hydrogens (primary N) is 1. The van der Waals surface area contributed by atoms with Crippen molar-refractivity contribution >= 4 is 37.3 Å². The van der Waals surface area contributed by atoms with Gasteiger partial charge in [0.05, 0.1) is 11.4 Å². The first-order valence-electron chi connectivity index (χ1n) is 5.64. The molecule has 0 fully saturated rings. The van der Waals surface area contributed by atoms with E-state index in [0.717, 1.165) is 11.6 Å². The van der Waals surface area contributed by atoms with Gasteiger partial charge in [-0.1, -0.05) is 12.1 Å². The molecular weight excluding hydrogens is 347 g/mol. The molecule has 2 rings (SSSR count). The zero-order valence-corrected chi connectivity index (χ0v) is 12.9. The summed E-state index contributed by atoms with van der Waals surface area (Å²) in [6.45, 7) is 1.83. The van der Waals surface area contributed by atoms with Crippen LogP contribution in [-0.4, -0.2) is 8.42 Å². The van der Waals surface area contributed by atoms with Crippen molar-refractivity contribution in [3.63, 3.8) is 0 Å². The zero-order chi connectivity index (χ0) is 14.9. The van der Waals surface area contributed by atoms with Crippen LogP contribution in [0.15, 0.2) is 45.8 Å². The standard InChI is InChI=1S/C13H12BrFN2O2S/c1-8-5-6-9(14)11(7-8)17-20(18,19)12-4-2-3-10(15)13(12)16/h2-7,17H,16H2,1H3.